The third kappa shape index (κ3) is 1.75. The van der Waals surface area contributed by atoms with Gasteiger partial charge in [-0.3, -0.25) is 0 Å². The minimum absolute atomic E-state index is 0.254. The van der Waals surface area contributed by atoms with E-state index in [4.69, 9.17) is 5.26 Å². The Kier molecular flexibility index (Phi) is 2.26. The normalized spacial score (nSPS) is 9.93. The lowest BCUT2D eigenvalue weighted by atomic mass is 10.1. The summed E-state index contributed by atoms with van der Waals surface area (Å²) in [6.07, 6.45) is 1.85. The van der Waals surface area contributed by atoms with Crippen LogP contribution in [0.4, 0.5) is 4.39 Å². The van der Waals surface area contributed by atoms with Gasteiger partial charge in [0.15, 0.2) is 0 Å². The Morgan fingerprint density at radius 1 is 1.20 bits per heavy atom. The van der Waals surface area contributed by atoms with Crippen molar-refractivity contribution in [1.82, 2.24) is 4.57 Å². The second-order valence-electron chi connectivity index (χ2n) is 3.34. The molecule has 0 aliphatic heterocycles. The summed E-state index contributed by atoms with van der Waals surface area (Å²) >= 11 is 0. The van der Waals surface area contributed by atoms with Crippen LogP contribution in [0.3, 0.4) is 0 Å². The van der Waals surface area contributed by atoms with Crippen LogP contribution in [0.1, 0.15) is 5.69 Å². The largest absolute Gasteiger partial charge is 0.342 e. The van der Waals surface area contributed by atoms with Crippen LogP contribution in [0.25, 0.3) is 11.1 Å². The Morgan fingerprint density at radius 2 is 1.87 bits per heavy atom. The summed E-state index contributed by atoms with van der Waals surface area (Å²) in [4.78, 5) is 0. The Hall–Kier alpha value is -2.08. The fourth-order valence-corrected chi connectivity index (χ4v) is 1.48. The zero-order valence-electron chi connectivity index (χ0n) is 8.24. The lowest BCUT2D eigenvalue weighted by Gasteiger charge is -1.96. The Balaban J connectivity index is 2.46. The zero-order chi connectivity index (χ0) is 10.8. The summed E-state index contributed by atoms with van der Waals surface area (Å²) in [5.41, 5.74) is 2.43. The van der Waals surface area contributed by atoms with E-state index in [9.17, 15) is 4.39 Å². The van der Waals surface area contributed by atoms with Crippen molar-refractivity contribution < 1.29 is 4.39 Å². The van der Waals surface area contributed by atoms with E-state index in [1.807, 2.05) is 13.2 Å². The van der Waals surface area contributed by atoms with Crippen molar-refractivity contribution in [1.29, 1.82) is 5.26 Å². The van der Waals surface area contributed by atoms with Gasteiger partial charge in [-0.05, 0) is 23.8 Å². The third-order valence-corrected chi connectivity index (χ3v) is 2.30. The first-order valence-corrected chi connectivity index (χ1v) is 4.53. The van der Waals surface area contributed by atoms with Gasteiger partial charge in [0.25, 0.3) is 0 Å². The standard InChI is InChI=1S/C12H9FN2/c1-15-8-10(6-12(15)7-14)9-2-4-11(13)5-3-9/h2-6,8H,1H3. The van der Waals surface area contributed by atoms with E-state index in [0.29, 0.717) is 5.69 Å². The first kappa shape index (κ1) is 9.47. The van der Waals surface area contributed by atoms with E-state index in [1.165, 1.54) is 12.1 Å². The van der Waals surface area contributed by atoms with E-state index in [2.05, 4.69) is 6.07 Å². The van der Waals surface area contributed by atoms with Crippen molar-refractivity contribution in [3.05, 3.63) is 48.0 Å². The molecular formula is C12H9FN2. The average molecular weight is 200 g/mol. The summed E-state index contributed by atoms with van der Waals surface area (Å²) in [6, 6.07) is 10.1. The van der Waals surface area contributed by atoms with Gasteiger partial charge in [0.05, 0.1) is 0 Å². The molecule has 0 spiro atoms. The number of halogens is 1. The van der Waals surface area contributed by atoms with Crippen LogP contribution in [0.15, 0.2) is 36.5 Å². The van der Waals surface area contributed by atoms with Gasteiger partial charge in [-0.2, -0.15) is 5.26 Å². The van der Waals surface area contributed by atoms with Crippen molar-refractivity contribution in [2.45, 2.75) is 0 Å². The second kappa shape index (κ2) is 3.58. The number of aryl methyl sites for hydroxylation is 1. The highest BCUT2D eigenvalue weighted by atomic mass is 19.1. The molecule has 0 saturated carbocycles. The Bertz CT molecular complexity index is 518. The molecule has 1 aromatic carbocycles. The van der Waals surface area contributed by atoms with Crippen molar-refractivity contribution in [2.75, 3.05) is 0 Å². The molecule has 0 saturated heterocycles. The van der Waals surface area contributed by atoms with Gasteiger partial charge in [-0.1, -0.05) is 12.1 Å². The topological polar surface area (TPSA) is 28.7 Å². The lowest BCUT2D eigenvalue weighted by Crippen LogP contribution is -1.86. The molecule has 0 radical (unpaired) electrons. The quantitative estimate of drug-likeness (QED) is 0.695. The van der Waals surface area contributed by atoms with Gasteiger partial charge < -0.3 is 4.57 Å². The third-order valence-electron chi connectivity index (χ3n) is 2.30. The lowest BCUT2D eigenvalue weighted by molar-refractivity contribution is 0.628. The highest BCUT2D eigenvalue weighted by molar-refractivity contribution is 5.64. The minimum atomic E-state index is -0.254. The van der Waals surface area contributed by atoms with Crippen LogP contribution in [0, 0.1) is 17.1 Å². The molecule has 1 heterocycles. The number of nitriles is 1. The maximum atomic E-state index is 12.7. The summed E-state index contributed by atoms with van der Waals surface area (Å²) in [5.74, 6) is -0.254. The summed E-state index contributed by atoms with van der Waals surface area (Å²) in [6.45, 7) is 0. The van der Waals surface area contributed by atoms with Crippen LogP contribution in [0.5, 0.6) is 0 Å². The first-order chi connectivity index (χ1) is 7.20. The van der Waals surface area contributed by atoms with Crippen molar-refractivity contribution in [2.24, 2.45) is 7.05 Å². The van der Waals surface area contributed by atoms with Crippen LogP contribution >= 0.6 is 0 Å². The Morgan fingerprint density at radius 3 is 2.40 bits per heavy atom. The number of benzene rings is 1. The van der Waals surface area contributed by atoms with Crippen LogP contribution in [0.2, 0.25) is 0 Å². The van der Waals surface area contributed by atoms with E-state index >= 15 is 0 Å². The number of hydrogen-bond donors (Lipinski definition) is 0. The molecule has 2 nitrogen and oxygen atoms in total. The minimum Gasteiger partial charge on any atom is -0.342 e. The number of aromatic nitrogens is 1. The van der Waals surface area contributed by atoms with E-state index in [0.717, 1.165) is 11.1 Å². The molecule has 0 bridgehead atoms. The number of nitrogens with zero attached hydrogens (tertiary/aromatic N) is 2. The molecule has 0 atom stereocenters. The molecule has 0 aliphatic carbocycles. The molecule has 0 aliphatic rings. The van der Waals surface area contributed by atoms with E-state index in [1.54, 1.807) is 22.8 Å². The molecule has 74 valence electrons. The van der Waals surface area contributed by atoms with Crippen molar-refractivity contribution in [3.63, 3.8) is 0 Å². The van der Waals surface area contributed by atoms with Crippen molar-refractivity contribution >= 4 is 0 Å². The first-order valence-electron chi connectivity index (χ1n) is 4.53. The van der Waals surface area contributed by atoms with Crippen molar-refractivity contribution in [3.8, 4) is 17.2 Å². The molecule has 2 rings (SSSR count). The fourth-order valence-electron chi connectivity index (χ4n) is 1.48. The van der Waals surface area contributed by atoms with Crippen LogP contribution in [-0.2, 0) is 7.05 Å². The average Bonchev–Trinajstić information content (AvgIpc) is 2.61. The second-order valence-corrected chi connectivity index (χ2v) is 3.34. The molecule has 2 aromatic rings. The smallest absolute Gasteiger partial charge is 0.123 e. The molecule has 1 aromatic heterocycles. The zero-order valence-corrected chi connectivity index (χ0v) is 8.24. The monoisotopic (exact) mass is 200 g/mol. The Labute approximate surface area is 87.2 Å². The molecule has 3 heteroatoms. The van der Waals surface area contributed by atoms with Crippen LogP contribution < -0.4 is 0 Å². The SMILES string of the molecule is Cn1cc(-c2ccc(F)cc2)cc1C#N. The van der Waals surface area contributed by atoms with E-state index < -0.39 is 0 Å². The highest BCUT2D eigenvalue weighted by Gasteiger charge is 2.04. The van der Waals surface area contributed by atoms with Crippen LogP contribution in [-0.4, -0.2) is 4.57 Å². The number of rotatable bonds is 1. The summed E-state index contributed by atoms with van der Waals surface area (Å²) in [5, 5.41) is 8.79. The predicted molar refractivity (Wildman–Crippen MR) is 55.5 cm³/mol. The van der Waals surface area contributed by atoms with Gasteiger partial charge >= 0.3 is 0 Å². The van der Waals surface area contributed by atoms with Gasteiger partial charge in [-0.15, -0.1) is 0 Å². The van der Waals surface area contributed by atoms with Gasteiger partial charge in [-0.25, -0.2) is 4.39 Å². The summed E-state index contributed by atoms with van der Waals surface area (Å²) < 4.78 is 14.4. The predicted octanol–water partition coefficient (Wildman–Crippen LogP) is 2.70. The van der Waals surface area contributed by atoms with Gasteiger partial charge in [0.1, 0.15) is 17.6 Å². The van der Waals surface area contributed by atoms with Gasteiger partial charge in [0.2, 0.25) is 0 Å². The molecule has 0 amide bonds. The maximum Gasteiger partial charge on any atom is 0.123 e. The highest BCUT2D eigenvalue weighted by Crippen LogP contribution is 2.21. The molecule has 0 N–H and O–H groups in total. The number of hydrogen-bond acceptors (Lipinski definition) is 1. The van der Waals surface area contributed by atoms with Gasteiger partial charge in [0, 0.05) is 18.8 Å². The molecule has 0 unspecified atom stereocenters. The molecule has 0 fully saturated rings. The van der Waals surface area contributed by atoms with E-state index in [-0.39, 0.29) is 5.82 Å². The fraction of sp³-hybridized carbons (Fsp3) is 0.0833. The molecule has 15 heavy (non-hydrogen) atoms. The summed E-state index contributed by atoms with van der Waals surface area (Å²) in [7, 11) is 1.81. The maximum absolute atomic E-state index is 12.7. The molecular weight excluding hydrogens is 191 g/mol.